The van der Waals surface area contributed by atoms with Crippen LogP contribution in [0, 0.1) is 11.8 Å². The third-order valence-electron chi connectivity index (χ3n) is 8.65. The van der Waals surface area contributed by atoms with Gasteiger partial charge < -0.3 is 19.4 Å². The minimum atomic E-state index is -0.493. The van der Waals surface area contributed by atoms with Crippen molar-refractivity contribution in [3.63, 3.8) is 0 Å². The summed E-state index contributed by atoms with van der Waals surface area (Å²) in [4.78, 5) is 15.4. The molecule has 3 unspecified atom stereocenters. The van der Waals surface area contributed by atoms with E-state index < -0.39 is 5.72 Å². The number of hydrogen-bond acceptors (Lipinski definition) is 4. The molecule has 0 spiro atoms. The molecule has 1 aromatic heterocycles. The molecule has 0 bridgehead atoms. The first kappa shape index (κ1) is 21.6. The summed E-state index contributed by atoms with van der Waals surface area (Å²) in [6.45, 7) is 7.13. The van der Waals surface area contributed by atoms with Crippen molar-refractivity contribution in [2.24, 2.45) is 11.8 Å². The van der Waals surface area contributed by atoms with Gasteiger partial charge in [-0.1, -0.05) is 18.2 Å². The van der Waals surface area contributed by atoms with Gasteiger partial charge in [0.2, 0.25) is 5.91 Å². The summed E-state index contributed by atoms with van der Waals surface area (Å²) in [6, 6.07) is 9.29. The van der Waals surface area contributed by atoms with Crippen LogP contribution in [0.2, 0.25) is 0 Å². The summed E-state index contributed by atoms with van der Waals surface area (Å²) < 4.78 is 14.4. The van der Waals surface area contributed by atoms with Gasteiger partial charge in [-0.2, -0.15) is 0 Å². The Morgan fingerprint density at radius 3 is 2.94 bits per heavy atom. The molecule has 33 heavy (non-hydrogen) atoms. The Morgan fingerprint density at radius 2 is 2.06 bits per heavy atom. The first-order chi connectivity index (χ1) is 16.1. The molecular weight excluding hydrogens is 414 g/mol. The van der Waals surface area contributed by atoms with Crippen LogP contribution >= 0.6 is 0 Å². The fourth-order valence-electron chi connectivity index (χ4n) is 7.10. The zero-order valence-corrected chi connectivity index (χ0v) is 19.9. The van der Waals surface area contributed by atoms with Crippen LogP contribution in [0.1, 0.15) is 62.7 Å². The third kappa shape index (κ3) is 3.80. The van der Waals surface area contributed by atoms with Crippen molar-refractivity contribution in [1.29, 1.82) is 0 Å². The summed E-state index contributed by atoms with van der Waals surface area (Å²) in [5.41, 5.74) is 3.73. The molecule has 0 aliphatic carbocycles. The molecule has 3 atom stereocenters. The van der Waals surface area contributed by atoms with Crippen LogP contribution in [-0.2, 0) is 26.4 Å². The van der Waals surface area contributed by atoms with Gasteiger partial charge >= 0.3 is 0 Å². The summed E-state index contributed by atoms with van der Waals surface area (Å²) in [6.07, 6.45) is 7.83. The van der Waals surface area contributed by atoms with Gasteiger partial charge in [0.05, 0.1) is 11.6 Å². The average Bonchev–Trinajstić information content (AvgIpc) is 3.19. The molecule has 2 aromatic rings. The number of carbonyl (C=O) groups is 1. The van der Waals surface area contributed by atoms with E-state index in [1.165, 1.54) is 41.5 Å². The van der Waals surface area contributed by atoms with Crippen molar-refractivity contribution in [3.05, 3.63) is 35.5 Å². The highest BCUT2D eigenvalue weighted by Crippen LogP contribution is 2.53. The molecule has 1 aromatic carbocycles. The van der Waals surface area contributed by atoms with E-state index in [2.05, 4.69) is 46.0 Å². The Labute approximate surface area is 196 Å². The Bertz CT molecular complexity index is 1030. The van der Waals surface area contributed by atoms with E-state index >= 15 is 0 Å². The smallest absolute Gasteiger partial charge is 0.246 e. The predicted molar refractivity (Wildman–Crippen MR) is 128 cm³/mol. The van der Waals surface area contributed by atoms with Crippen molar-refractivity contribution >= 4 is 16.8 Å². The fourth-order valence-corrected chi connectivity index (χ4v) is 7.10. The number of para-hydroxylation sites is 1. The maximum absolute atomic E-state index is 12.7. The van der Waals surface area contributed by atoms with Crippen LogP contribution in [0.3, 0.4) is 0 Å². The number of ether oxygens (including phenoxy) is 2. The lowest BCUT2D eigenvalue weighted by atomic mass is 9.76. The fraction of sp³-hybridized carbons (Fsp3) is 0.667. The Balaban J connectivity index is 1.22. The predicted octanol–water partition coefficient (Wildman–Crippen LogP) is 3.98. The minimum Gasteiger partial charge on any atom is -0.381 e. The Kier molecular flexibility index (Phi) is 5.71. The summed E-state index contributed by atoms with van der Waals surface area (Å²) in [5.74, 6) is 1.26. The van der Waals surface area contributed by atoms with E-state index in [-0.39, 0.29) is 12.5 Å². The molecule has 0 radical (unpaired) electrons. The summed E-state index contributed by atoms with van der Waals surface area (Å²) >= 11 is 0. The van der Waals surface area contributed by atoms with Crippen molar-refractivity contribution in [2.45, 2.75) is 63.6 Å². The minimum absolute atomic E-state index is 0.000933. The highest BCUT2D eigenvalue weighted by Gasteiger charge is 2.49. The first-order valence-electron chi connectivity index (χ1n) is 13.0. The van der Waals surface area contributed by atoms with Crippen LogP contribution in [0.5, 0.6) is 0 Å². The second kappa shape index (κ2) is 8.71. The molecule has 1 N–H and O–H groups in total. The molecule has 6 rings (SSSR count). The normalized spacial score (nSPS) is 29.7. The molecule has 5 heterocycles. The van der Waals surface area contributed by atoms with Crippen molar-refractivity contribution in [2.75, 3.05) is 39.5 Å². The van der Waals surface area contributed by atoms with Crippen molar-refractivity contribution in [3.8, 4) is 0 Å². The first-order valence-corrected chi connectivity index (χ1v) is 13.0. The standard InChI is InChI=1S/C27H37N3O3/c1-27(33-18-24(31)28-12-8-19-10-15-32-16-11-19)17-20-5-4-13-29-14-9-22-21-6-2-3-7-23(21)30(27)26(22)25(20)29/h2-3,6-7,19-20,25H,4-5,8-18H2,1H3,(H,28,31). The average molecular weight is 452 g/mol. The van der Waals surface area contributed by atoms with Crippen LogP contribution in [-0.4, -0.2) is 54.8 Å². The highest BCUT2D eigenvalue weighted by molar-refractivity contribution is 5.86. The topological polar surface area (TPSA) is 55.7 Å². The molecule has 4 aliphatic heterocycles. The van der Waals surface area contributed by atoms with Gasteiger partial charge in [-0.3, -0.25) is 9.69 Å². The molecule has 6 heteroatoms. The molecule has 1 amide bonds. The molecular formula is C27H37N3O3. The maximum Gasteiger partial charge on any atom is 0.246 e. The molecule has 0 saturated carbocycles. The van der Waals surface area contributed by atoms with E-state index in [0.29, 0.717) is 17.9 Å². The number of amides is 1. The van der Waals surface area contributed by atoms with Gasteiger partial charge in [0.25, 0.3) is 0 Å². The van der Waals surface area contributed by atoms with Gasteiger partial charge in [0.1, 0.15) is 12.3 Å². The summed E-state index contributed by atoms with van der Waals surface area (Å²) in [7, 11) is 0. The largest absolute Gasteiger partial charge is 0.381 e. The van der Waals surface area contributed by atoms with Crippen molar-refractivity contribution in [1.82, 2.24) is 14.8 Å². The Morgan fingerprint density at radius 1 is 1.21 bits per heavy atom. The van der Waals surface area contributed by atoms with Gasteiger partial charge in [0.15, 0.2) is 0 Å². The second-order valence-corrected chi connectivity index (χ2v) is 10.7. The van der Waals surface area contributed by atoms with E-state index in [1.807, 2.05) is 0 Å². The molecule has 178 valence electrons. The van der Waals surface area contributed by atoms with Crippen LogP contribution < -0.4 is 5.32 Å². The zero-order valence-electron chi connectivity index (χ0n) is 19.9. The van der Waals surface area contributed by atoms with Crippen molar-refractivity contribution < 1.29 is 14.3 Å². The third-order valence-corrected chi connectivity index (χ3v) is 8.65. The number of fused-ring (bicyclic) bond motifs is 3. The van der Waals surface area contributed by atoms with Crippen LogP contribution in [0.15, 0.2) is 24.3 Å². The number of aromatic nitrogens is 1. The molecule has 6 nitrogen and oxygen atoms in total. The lowest BCUT2D eigenvalue weighted by Gasteiger charge is -2.52. The zero-order chi connectivity index (χ0) is 22.4. The van der Waals surface area contributed by atoms with Gasteiger partial charge in [0, 0.05) is 43.8 Å². The molecule has 2 fully saturated rings. The number of rotatable bonds is 6. The van der Waals surface area contributed by atoms with E-state index in [0.717, 1.165) is 58.4 Å². The Hall–Kier alpha value is -1.89. The SMILES string of the molecule is CC1(OCC(=O)NCCC2CCOCC2)CC2CCCN3CCc4c(n1c1ccccc41)C23. The van der Waals surface area contributed by atoms with E-state index in [4.69, 9.17) is 9.47 Å². The molecule has 4 aliphatic rings. The summed E-state index contributed by atoms with van der Waals surface area (Å²) in [5, 5.41) is 4.47. The quantitative estimate of drug-likeness (QED) is 0.722. The second-order valence-electron chi connectivity index (χ2n) is 10.7. The molecule has 2 saturated heterocycles. The highest BCUT2D eigenvalue weighted by atomic mass is 16.5. The lowest BCUT2D eigenvalue weighted by Crippen LogP contribution is -2.52. The number of hydrogen-bond donors (Lipinski definition) is 1. The van der Waals surface area contributed by atoms with E-state index in [9.17, 15) is 4.79 Å². The number of benzene rings is 1. The number of piperidine rings is 1. The van der Waals surface area contributed by atoms with Gasteiger partial charge in [-0.25, -0.2) is 0 Å². The number of nitrogens with one attached hydrogen (secondary N) is 1. The van der Waals surface area contributed by atoms with Gasteiger partial charge in [-0.05, 0) is 75.5 Å². The number of nitrogens with zero attached hydrogens (tertiary/aromatic N) is 2. The lowest BCUT2D eigenvalue weighted by molar-refractivity contribution is -0.155. The van der Waals surface area contributed by atoms with Gasteiger partial charge in [-0.15, -0.1) is 0 Å². The van der Waals surface area contributed by atoms with Crippen LogP contribution in [0.25, 0.3) is 10.9 Å². The number of carbonyl (C=O) groups excluding carboxylic acids is 1. The maximum atomic E-state index is 12.7. The van der Waals surface area contributed by atoms with E-state index in [1.54, 1.807) is 0 Å². The van der Waals surface area contributed by atoms with Crippen LogP contribution in [0.4, 0.5) is 0 Å². The monoisotopic (exact) mass is 451 g/mol.